The number of hydrogen-bond donors (Lipinski definition) is 2. The Balaban J connectivity index is 2.47. The van der Waals surface area contributed by atoms with Gasteiger partial charge in [-0.05, 0) is 12.0 Å². The van der Waals surface area contributed by atoms with Crippen molar-refractivity contribution in [2.45, 2.75) is 6.42 Å². The lowest BCUT2D eigenvalue weighted by atomic mass is 10.2. The molecule has 0 saturated heterocycles. The number of hydrogen-bond acceptors (Lipinski definition) is 4. The van der Waals surface area contributed by atoms with Crippen molar-refractivity contribution in [1.29, 1.82) is 0 Å². The van der Waals surface area contributed by atoms with E-state index < -0.39 is 5.97 Å². The first-order chi connectivity index (χ1) is 7.20. The lowest BCUT2D eigenvalue weighted by Gasteiger charge is -1.97. The van der Waals surface area contributed by atoms with Crippen molar-refractivity contribution < 1.29 is 15.0 Å². The highest BCUT2D eigenvalue weighted by atomic mass is 16.4. The van der Waals surface area contributed by atoms with Crippen LogP contribution in [0, 0.1) is 0 Å². The molecule has 0 atom stereocenters. The van der Waals surface area contributed by atoms with Crippen LogP contribution in [0.4, 0.5) is 0 Å². The molecule has 15 heavy (non-hydrogen) atoms. The van der Waals surface area contributed by atoms with Gasteiger partial charge >= 0.3 is 5.97 Å². The van der Waals surface area contributed by atoms with Crippen molar-refractivity contribution in [1.82, 2.24) is 14.4 Å². The van der Waals surface area contributed by atoms with Crippen LogP contribution in [0.1, 0.15) is 16.1 Å². The minimum Gasteiger partial charge on any atom is -0.476 e. The minimum atomic E-state index is -1.08. The van der Waals surface area contributed by atoms with Crippen LogP contribution in [0.25, 0.3) is 5.78 Å². The first kappa shape index (κ1) is 9.60. The summed E-state index contributed by atoms with van der Waals surface area (Å²) in [6, 6.07) is 0. The molecule has 0 spiro atoms. The van der Waals surface area contributed by atoms with Crippen molar-refractivity contribution in [3.63, 3.8) is 0 Å². The molecule has 2 heterocycles. The van der Waals surface area contributed by atoms with Gasteiger partial charge in [-0.2, -0.15) is 0 Å². The van der Waals surface area contributed by atoms with Crippen molar-refractivity contribution in [2.75, 3.05) is 6.61 Å². The van der Waals surface area contributed by atoms with Crippen LogP contribution in [0.3, 0.4) is 0 Å². The van der Waals surface area contributed by atoms with Gasteiger partial charge in [0.2, 0.25) is 5.78 Å². The molecule has 0 fully saturated rings. The van der Waals surface area contributed by atoms with E-state index in [0.717, 1.165) is 5.56 Å². The number of aromatic nitrogens is 3. The number of imidazole rings is 1. The molecule has 6 nitrogen and oxygen atoms in total. The van der Waals surface area contributed by atoms with Gasteiger partial charge in [0.1, 0.15) is 0 Å². The number of carboxylic acids is 1. The number of fused-ring (bicyclic) bond motifs is 1. The fourth-order valence-corrected chi connectivity index (χ4v) is 1.29. The number of carboxylic acid groups (broad SMARTS) is 1. The second-order valence-electron chi connectivity index (χ2n) is 3.07. The normalized spacial score (nSPS) is 10.7. The molecule has 6 heteroatoms. The number of aromatic carboxylic acids is 1. The summed E-state index contributed by atoms with van der Waals surface area (Å²) in [7, 11) is 0. The standard InChI is InChI=1S/C9H9N3O3/c13-2-1-6-3-10-9-11-7(8(14)15)5-12(9)4-6/h3-5,13H,1-2H2,(H,14,15). The van der Waals surface area contributed by atoms with Crippen LogP contribution in [0.2, 0.25) is 0 Å². The van der Waals surface area contributed by atoms with Gasteiger partial charge in [-0.25, -0.2) is 14.8 Å². The summed E-state index contributed by atoms with van der Waals surface area (Å²) in [5.74, 6) is -0.738. The third kappa shape index (κ3) is 1.79. The van der Waals surface area contributed by atoms with Gasteiger partial charge in [-0.3, -0.25) is 4.40 Å². The molecule has 2 aromatic rings. The Hall–Kier alpha value is -1.95. The average molecular weight is 207 g/mol. The van der Waals surface area contributed by atoms with Gasteiger partial charge in [-0.1, -0.05) is 0 Å². The molecule has 0 amide bonds. The van der Waals surface area contributed by atoms with Gasteiger partial charge in [0, 0.05) is 25.2 Å². The van der Waals surface area contributed by atoms with Crippen LogP contribution in [-0.4, -0.2) is 37.2 Å². The lowest BCUT2D eigenvalue weighted by molar-refractivity contribution is 0.0691. The van der Waals surface area contributed by atoms with E-state index in [9.17, 15) is 4.79 Å². The fourth-order valence-electron chi connectivity index (χ4n) is 1.29. The molecule has 0 radical (unpaired) electrons. The Morgan fingerprint density at radius 1 is 1.47 bits per heavy atom. The molecule has 2 aromatic heterocycles. The van der Waals surface area contributed by atoms with Gasteiger partial charge in [0.25, 0.3) is 0 Å². The smallest absolute Gasteiger partial charge is 0.356 e. The summed E-state index contributed by atoms with van der Waals surface area (Å²) in [4.78, 5) is 18.4. The van der Waals surface area contributed by atoms with Crippen molar-refractivity contribution in [3.05, 3.63) is 29.8 Å². The summed E-state index contributed by atoms with van der Waals surface area (Å²) in [6.07, 6.45) is 5.16. The van der Waals surface area contributed by atoms with E-state index in [0.29, 0.717) is 12.2 Å². The average Bonchev–Trinajstić information content (AvgIpc) is 2.61. The van der Waals surface area contributed by atoms with E-state index in [-0.39, 0.29) is 12.3 Å². The Morgan fingerprint density at radius 2 is 2.27 bits per heavy atom. The molecule has 0 aliphatic heterocycles. The summed E-state index contributed by atoms with van der Waals surface area (Å²) in [6.45, 7) is 0.0354. The van der Waals surface area contributed by atoms with Crippen LogP contribution >= 0.6 is 0 Å². The molecule has 0 saturated carbocycles. The van der Waals surface area contributed by atoms with Crippen molar-refractivity contribution >= 4 is 11.7 Å². The molecule has 0 aromatic carbocycles. The quantitative estimate of drug-likeness (QED) is 0.737. The Morgan fingerprint density at radius 3 is 2.93 bits per heavy atom. The number of carbonyl (C=O) groups is 1. The fraction of sp³-hybridized carbons (Fsp3) is 0.222. The number of rotatable bonds is 3. The lowest BCUT2D eigenvalue weighted by Crippen LogP contribution is -1.95. The van der Waals surface area contributed by atoms with Crippen LogP contribution in [0.5, 0.6) is 0 Å². The SMILES string of the molecule is O=C(O)c1cn2cc(CCO)cnc2n1. The van der Waals surface area contributed by atoms with E-state index >= 15 is 0 Å². The predicted octanol–water partition coefficient (Wildman–Crippen LogP) is -0.0377. The molecule has 78 valence electrons. The summed E-state index contributed by atoms with van der Waals surface area (Å²) in [5, 5.41) is 17.5. The topological polar surface area (TPSA) is 87.7 Å². The van der Waals surface area contributed by atoms with Crippen molar-refractivity contribution in [2.24, 2.45) is 0 Å². The summed E-state index contributed by atoms with van der Waals surface area (Å²) >= 11 is 0. The van der Waals surface area contributed by atoms with Gasteiger partial charge in [0.05, 0.1) is 0 Å². The second kappa shape index (κ2) is 3.66. The molecule has 2 N–H and O–H groups in total. The predicted molar refractivity (Wildman–Crippen MR) is 50.7 cm³/mol. The van der Waals surface area contributed by atoms with Crippen LogP contribution in [0.15, 0.2) is 18.6 Å². The number of aliphatic hydroxyl groups excluding tert-OH is 1. The zero-order chi connectivity index (χ0) is 10.8. The zero-order valence-corrected chi connectivity index (χ0v) is 7.79. The largest absolute Gasteiger partial charge is 0.476 e. The van der Waals surface area contributed by atoms with Gasteiger partial charge in [-0.15, -0.1) is 0 Å². The van der Waals surface area contributed by atoms with Crippen LogP contribution < -0.4 is 0 Å². The second-order valence-corrected chi connectivity index (χ2v) is 3.07. The van der Waals surface area contributed by atoms with E-state index in [1.807, 2.05) is 0 Å². The first-order valence-electron chi connectivity index (χ1n) is 4.38. The molecule has 0 unspecified atom stereocenters. The number of nitrogens with zero attached hydrogens (tertiary/aromatic N) is 3. The van der Waals surface area contributed by atoms with Gasteiger partial charge < -0.3 is 10.2 Å². The zero-order valence-electron chi connectivity index (χ0n) is 7.79. The highest BCUT2D eigenvalue weighted by Crippen LogP contribution is 2.05. The molecule has 0 aliphatic rings. The first-order valence-corrected chi connectivity index (χ1v) is 4.38. The highest BCUT2D eigenvalue weighted by molar-refractivity contribution is 5.85. The Kier molecular flexibility index (Phi) is 2.34. The maximum Gasteiger partial charge on any atom is 0.356 e. The monoisotopic (exact) mass is 207 g/mol. The van der Waals surface area contributed by atoms with Gasteiger partial charge in [0.15, 0.2) is 5.69 Å². The van der Waals surface area contributed by atoms with E-state index in [1.165, 1.54) is 10.6 Å². The Labute approximate surface area is 84.8 Å². The van der Waals surface area contributed by atoms with E-state index in [4.69, 9.17) is 10.2 Å². The van der Waals surface area contributed by atoms with E-state index in [2.05, 4.69) is 9.97 Å². The minimum absolute atomic E-state index is 0.0354. The Bertz CT molecular complexity index is 506. The van der Waals surface area contributed by atoms with Crippen LogP contribution in [-0.2, 0) is 6.42 Å². The number of aliphatic hydroxyl groups is 1. The summed E-state index contributed by atoms with van der Waals surface area (Å²) in [5.41, 5.74) is 0.794. The molecule has 0 bridgehead atoms. The highest BCUT2D eigenvalue weighted by Gasteiger charge is 2.09. The maximum absolute atomic E-state index is 10.6. The molecule has 0 aliphatic carbocycles. The van der Waals surface area contributed by atoms with E-state index in [1.54, 1.807) is 12.4 Å². The molecular weight excluding hydrogens is 198 g/mol. The van der Waals surface area contributed by atoms with Crippen molar-refractivity contribution in [3.8, 4) is 0 Å². The maximum atomic E-state index is 10.6. The molecule has 2 rings (SSSR count). The molecular formula is C9H9N3O3. The third-order valence-electron chi connectivity index (χ3n) is 1.98. The summed E-state index contributed by atoms with van der Waals surface area (Å²) < 4.78 is 1.54. The third-order valence-corrected chi connectivity index (χ3v) is 1.98.